The predicted octanol–water partition coefficient (Wildman–Crippen LogP) is 1.89. The third kappa shape index (κ3) is 5.20. The van der Waals surface area contributed by atoms with Crippen LogP contribution in [-0.4, -0.2) is 80.6 Å². The van der Waals surface area contributed by atoms with Gasteiger partial charge in [0.15, 0.2) is 0 Å². The Balaban J connectivity index is 1.19. The van der Waals surface area contributed by atoms with E-state index in [1.807, 2.05) is 12.1 Å². The van der Waals surface area contributed by atoms with Crippen molar-refractivity contribution in [2.24, 2.45) is 0 Å². The Kier molecular flexibility index (Phi) is 6.25. The molecule has 0 amide bonds. The molecule has 0 radical (unpaired) electrons. The molecule has 1 aromatic carbocycles. The van der Waals surface area contributed by atoms with Gasteiger partial charge in [0, 0.05) is 45.9 Å². The van der Waals surface area contributed by atoms with Crippen LogP contribution in [0.2, 0.25) is 0 Å². The molecule has 2 bridgehead atoms. The molecule has 3 aliphatic rings. The molecule has 27 heavy (non-hydrogen) atoms. The molecule has 3 aliphatic heterocycles. The molecule has 6 nitrogen and oxygen atoms in total. The lowest BCUT2D eigenvalue weighted by Crippen LogP contribution is -2.60. The monoisotopic (exact) mass is 371 g/mol. The fraction of sp³-hybridized carbons (Fsp3) is 0.667. The van der Waals surface area contributed by atoms with E-state index in [1.165, 1.54) is 19.3 Å². The average molecular weight is 371 g/mol. The van der Waals surface area contributed by atoms with Gasteiger partial charge in [0.05, 0.1) is 29.9 Å². The zero-order valence-electron chi connectivity index (χ0n) is 15.9. The van der Waals surface area contributed by atoms with Crippen LogP contribution in [0.5, 0.6) is 5.75 Å². The quantitative estimate of drug-likeness (QED) is 0.761. The highest BCUT2D eigenvalue weighted by Crippen LogP contribution is 2.21. The molecule has 146 valence electrons. The number of hydrogen-bond donors (Lipinski definition) is 0. The Hall–Kier alpha value is -1.65. The molecule has 3 fully saturated rings. The highest BCUT2D eigenvalue weighted by Gasteiger charge is 2.35. The van der Waals surface area contributed by atoms with E-state index in [0.717, 1.165) is 51.6 Å². The summed E-state index contributed by atoms with van der Waals surface area (Å²) < 4.78 is 17.9. The van der Waals surface area contributed by atoms with E-state index in [-0.39, 0.29) is 12.2 Å². The third-order valence-electron chi connectivity index (χ3n) is 5.63. The van der Waals surface area contributed by atoms with Gasteiger partial charge in [-0.15, -0.1) is 0 Å². The summed E-state index contributed by atoms with van der Waals surface area (Å²) in [6, 6.07) is 9.42. The molecule has 3 heterocycles. The predicted molar refractivity (Wildman–Crippen MR) is 102 cm³/mol. The van der Waals surface area contributed by atoms with E-state index in [9.17, 15) is 0 Å². The van der Waals surface area contributed by atoms with Crippen LogP contribution in [-0.2, 0) is 9.47 Å². The molecule has 6 heteroatoms. The maximum absolute atomic E-state index is 8.84. The Morgan fingerprint density at radius 2 is 1.78 bits per heavy atom. The maximum atomic E-state index is 8.84. The van der Waals surface area contributed by atoms with Crippen LogP contribution in [0, 0.1) is 11.3 Å². The molecule has 0 N–H and O–H groups in total. The number of nitrogens with zero attached hydrogens (tertiary/aromatic N) is 3. The Labute approximate surface area is 161 Å². The number of nitriles is 1. The Bertz CT molecular complexity index is 625. The Morgan fingerprint density at radius 1 is 1.04 bits per heavy atom. The van der Waals surface area contributed by atoms with E-state index in [2.05, 4.69) is 15.9 Å². The molecule has 3 atom stereocenters. The topological polar surface area (TPSA) is 58.0 Å². The standard InChI is InChI=1S/C21H29N3O3/c22-11-17-4-6-18(7-5-17)26-10-8-23-13-20-15-24(16-21(14-23)27-20)12-19-3-1-2-9-25-19/h4-7,19-21H,1-3,8-10,12-16H2. The van der Waals surface area contributed by atoms with Crippen molar-refractivity contribution in [1.29, 1.82) is 5.26 Å². The van der Waals surface area contributed by atoms with Crippen molar-refractivity contribution in [1.82, 2.24) is 9.80 Å². The van der Waals surface area contributed by atoms with Crippen LogP contribution in [0.15, 0.2) is 24.3 Å². The Morgan fingerprint density at radius 3 is 2.44 bits per heavy atom. The molecule has 3 unspecified atom stereocenters. The summed E-state index contributed by atoms with van der Waals surface area (Å²) in [5, 5.41) is 8.84. The minimum atomic E-state index is 0.288. The van der Waals surface area contributed by atoms with Gasteiger partial charge in [-0.25, -0.2) is 0 Å². The summed E-state index contributed by atoms with van der Waals surface area (Å²) in [6.07, 6.45) is 4.70. The van der Waals surface area contributed by atoms with Crippen LogP contribution in [0.1, 0.15) is 24.8 Å². The molecular weight excluding hydrogens is 342 g/mol. The minimum Gasteiger partial charge on any atom is -0.492 e. The van der Waals surface area contributed by atoms with Gasteiger partial charge in [0.25, 0.3) is 0 Å². The van der Waals surface area contributed by atoms with Gasteiger partial charge in [-0.05, 0) is 43.5 Å². The minimum absolute atomic E-state index is 0.288. The molecular formula is C21H29N3O3. The number of hydrogen-bond acceptors (Lipinski definition) is 6. The smallest absolute Gasteiger partial charge is 0.119 e. The maximum Gasteiger partial charge on any atom is 0.119 e. The van der Waals surface area contributed by atoms with Crippen molar-refractivity contribution >= 4 is 0 Å². The summed E-state index contributed by atoms with van der Waals surface area (Å²) in [6.45, 7) is 7.48. The summed E-state index contributed by atoms with van der Waals surface area (Å²) in [5.74, 6) is 0.820. The lowest BCUT2D eigenvalue weighted by atomic mass is 10.1. The lowest BCUT2D eigenvalue weighted by molar-refractivity contribution is -0.146. The largest absolute Gasteiger partial charge is 0.492 e. The van der Waals surface area contributed by atoms with Gasteiger partial charge < -0.3 is 14.2 Å². The van der Waals surface area contributed by atoms with Gasteiger partial charge in [-0.3, -0.25) is 9.80 Å². The van der Waals surface area contributed by atoms with Gasteiger partial charge in [0.2, 0.25) is 0 Å². The highest BCUT2D eigenvalue weighted by atomic mass is 16.5. The SMILES string of the molecule is N#Cc1ccc(OCCN2CC3CN(CC4CCCCO4)CC(C2)O3)cc1. The zero-order chi connectivity index (χ0) is 18.5. The summed E-state index contributed by atoms with van der Waals surface area (Å²) in [7, 11) is 0. The second-order valence-corrected chi connectivity index (χ2v) is 7.83. The highest BCUT2D eigenvalue weighted by molar-refractivity contribution is 5.34. The number of ether oxygens (including phenoxy) is 3. The van der Waals surface area contributed by atoms with Crippen LogP contribution in [0.4, 0.5) is 0 Å². The number of fused-ring (bicyclic) bond motifs is 2. The fourth-order valence-electron chi connectivity index (χ4n) is 4.35. The zero-order valence-corrected chi connectivity index (χ0v) is 15.9. The van der Waals surface area contributed by atoms with E-state index >= 15 is 0 Å². The van der Waals surface area contributed by atoms with Crippen molar-refractivity contribution in [2.45, 2.75) is 37.6 Å². The fourth-order valence-corrected chi connectivity index (χ4v) is 4.35. The van der Waals surface area contributed by atoms with E-state index in [1.54, 1.807) is 12.1 Å². The first kappa shape index (κ1) is 18.7. The van der Waals surface area contributed by atoms with Gasteiger partial charge in [-0.2, -0.15) is 5.26 Å². The molecule has 1 aromatic rings. The third-order valence-corrected chi connectivity index (χ3v) is 5.63. The summed E-state index contributed by atoms with van der Waals surface area (Å²) in [5.41, 5.74) is 0.659. The first-order valence-electron chi connectivity index (χ1n) is 10.1. The first-order chi connectivity index (χ1) is 13.3. The number of benzene rings is 1. The summed E-state index contributed by atoms with van der Waals surface area (Å²) >= 11 is 0. The number of rotatable bonds is 6. The second kappa shape index (κ2) is 9.03. The van der Waals surface area contributed by atoms with Crippen molar-refractivity contribution in [2.75, 3.05) is 52.5 Å². The van der Waals surface area contributed by atoms with Gasteiger partial charge >= 0.3 is 0 Å². The molecule has 0 saturated carbocycles. The van der Waals surface area contributed by atoms with Crippen LogP contribution in [0.3, 0.4) is 0 Å². The molecule has 0 aromatic heterocycles. The van der Waals surface area contributed by atoms with E-state index in [4.69, 9.17) is 19.5 Å². The van der Waals surface area contributed by atoms with Crippen LogP contribution >= 0.6 is 0 Å². The van der Waals surface area contributed by atoms with Crippen molar-refractivity contribution in [3.8, 4) is 11.8 Å². The molecule has 4 rings (SSSR count). The first-order valence-corrected chi connectivity index (χ1v) is 10.1. The number of morpholine rings is 2. The van der Waals surface area contributed by atoms with Gasteiger partial charge in [0.1, 0.15) is 12.4 Å². The lowest BCUT2D eigenvalue weighted by Gasteiger charge is -2.46. The van der Waals surface area contributed by atoms with Crippen molar-refractivity contribution < 1.29 is 14.2 Å². The van der Waals surface area contributed by atoms with Crippen molar-refractivity contribution in [3.63, 3.8) is 0 Å². The summed E-state index contributed by atoms with van der Waals surface area (Å²) in [4.78, 5) is 5.00. The average Bonchev–Trinajstić information content (AvgIpc) is 2.69. The van der Waals surface area contributed by atoms with Crippen LogP contribution in [0.25, 0.3) is 0 Å². The second-order valence-electron chi connectivity index (χ2n) is 7.83. The normalized spacial score (nSPS) is 29.2. The van der Waals surface area contributed by atoms with E-state index < -0.39 is 0 Å². The molecule has 0 spiro atoms. The molecule has 3 saturated heterocycles. The van der Waals surface area contributed by atoms with Crippen LogP contribution < -0.4 is 4.74 Å². The molecule has 0 aliphatic carbocycles. The van der Waals surface area contributed by atoms with E-state index in [0.29, 0.717) is 18.3 Å². The van der Waals surface area contributed by atoms with Crippen molar-refractivity contribution in [3.05, 3.63) is 29.8 Å². The van der Waals surface area contributed by atoms with Gasteiger partial charge in [-0.1, -0.05) is 0 Å².